The van der Waals surface area contributed by atoms with E-state index < -0.39 is 21.9 Å². The molecule has 2 rings (SSSR count). The number of methoxy groups -OCH3 is 1. The maximum atomic E-state index is 12.1. The van der Waals surface area contributed by atoms with Crippen molar-refractivity contribution in [3.05, 3.63) is 17.7 Å². The van der Waals surface area contributed by atoms with Gasteiger partial charge in [-0.2, -0.15) is 0 Å². The van der Waals surface area contributed by atoms with E-state index >= 15 is 0 Å². The molecule has 1 aliphatic rings. The Balaban J connectivity index is 2.58. The molecule has 8 heteroatoms. The first kappa shape index (κ1) is 16.6. The largest absolute Gasteiger partial charge is 0.465 e. The Hall–Kier alpha value is -1.80. The molecule has 0 saturated carbocycles. The summed E-state index contributed by atoms with van der Waals surface area (Å²) in [7, 11) is -2.36. The van der Waals surface area contributed by atoms with Crippen LogP contribution in [0.1, 0.15) is 23.2 Å². The van der Waals surface area contributed by atoms with E-state index in [-0.39, 0.29) is 16.1 Å². The number of ether oxygens (including phenoxy) is 1. The van der Waals surface area contributed by atoms with E-state index in [1.165, 1.54) is 19.2 Å². The lowest BCUT2D eigenvalue weighted by molar-refractivity contribution is 0.0601. The Bertz CT molecular complexity index is 687. The topological polar surface area (TPSA) is 110 Å². The standard InChI is InChI=1S/C14H20N2O5S/c1-21-14(18)10-6-13(22(2,19)20)12(7-11(10)15)16-5-3-4-9(17)8-16/h6-7,9,17H,3-5,8,15H2,1-2H3. The zero-order valence-electron chi connectivity index (χ0n) is 12.6. The van der Waals surface area contributed by atoms with Crippen LogP contribution in [0.15, 0.2) is 17.0 Å². The number of piperidine rings is 1. The highest BCUT2D eigenvalue weighted by atomic mass is 32.2. The van der Waals surface area contributed by atoms with E-state index in [0.717, 1.165) is 12.7 Å². The molecule has 122 valence electrons. The number of β-amino-alcohol motifs (C(OH)–C–C–N with tert-alkyl or cyclic N) is 1. The van der Waals surface area contributed by atoms with Crippen molar-refractivity contribution in [3.8, 4) is 0 Å². The zero-order chi connectivity index (χ0) is 16.5. The fourth-order valence-electron chi connectivity index (χ4n) is 2.59. The summed E-state index contributed by atoms with van der Waals surface area (Å²) in [6.45, 7) is 0.954. The summed E-state index contributed by atoms with van der Waals surface area (Å²) in [5, 5.41) is 9.79. The third-order valence-corrected chi connectivity index (χ3v) is 4.80. The molecule has 0 radical (unpaired) electrons. The number of carbonyl (C=O) groups excluding carboxylic acids is 1. The third-order valence-electron chi connectivity index (χ3n) is 3.67. The second-order valence-electron chi connectivity index (χ2n) is 5.41. The van der Waals surface area contributed by atoms with Gasteiger partial charge in [-0.1, -0.05) is 0 Å². The monoisotopic (exact) mass is 328 g/mol. The first-order chi connectivity index (χ1) is 10.2. The molecule has 0 bridgehead atoms. The van der Waals surface area contributed by atoms with E-state index in [2.05, 4.69) is 4.74 Å². The SMILES string of the molecule is COC(=O)c1cc(S(C)(=O)=O)c(N2CCCC(O)C2)cc1N. The van der Waals surface area contributed by atoms with E-state index in [1.807, 2.05) is 0 Å². The summed E-state index contributed by atoms with van der Waals surface area (Å²) in [6, 6.07) is 2.70. The fraction of sp³-hybridized carbons (Fsp3) is 0.500. The number of anilines is 2. The number of rotatable bonds is 3. The van der Waals surface area contributed by atoms with Crippen LogP contribution in [0.5, 0.6) is 0 Å². The molecule has 1 fully saturated rings. The summed E-state index contributed by atoms with van der Waals surface area (Å²) in [6.07, 6.45) is 2.00. The van der Waals surface area contributed by atoms with Crippen LogP contribution in [-0.4, -0.2) is 52.1 Å². The molecule has 3 N–H and O–H groups in total. The van der Waals surface area contributed by atoms with Crippen LogP contribution < -0.4 is 10.6 Å². The summed E-state index contributed by atoms with van der Waals surface area (Å²) in [5.74, 6) is -0.687. The maximum absolute atomic E-state index is 12.1. The molecule has 1 unspecified atom stereocenters. The lowest BCUT2D eigenvalue weighted by Crippen LogP contribution is -2.39. The predicted octanol–water partition coefficient (Wildman–Crippen LogP) is 0.420. The lowest BCUT2D eigenvalue weighted by atomic mass is 10.1. The Morgan fingerprint density at radius 3 is 2.68 bits per heavy atom. The molecule has 1 heterocycles. The van der Waals surface area contributed by atoms with Gasteiger partial charge in [-0.15, -0.1) is 0 Å². The molecule has 0 aliphatic carbocycles. The van der Waals surface area contributed by atoms with E-state index in [0.29, 0.717) is 25.2 Å². The zero-order valence-corrected chi connectivity index (χ0v) is 13.4. The fourth-order valence-corrected chi connectivity index (χ4v) is 3.49. The first-order valence-corrected chi connectivity index (χ1v) is 8.78. The second kappa shape index (κ2) is 6.13. The Morgan fingerprint density at radius 2 is 2.14 bits per heavy atom. The number of carbonyl (C=O) groups is 1. The minimum Gasteiger partial charge on any atom is -0.465 e. The molecule has 1 aromatic rings. The van der Waals surface area contributed by atoms with Gasteiger partial charge < -0.3 is 20.5 Å². The van der Waals surface area contributed by atoms with Gasteiger partial charge in [-0.05, 0) is 25.0 Å². The molecule has 22 heavy (non-hydrogen) atoms. The van der Waals surface area contributed by atoms with Crippen LogP contribution in [0.25, 0.3) is 0 Å². The number of aliphatic hydroxyl groups excluding tert-OH is 1. The number of hydrogen-bond acceptors (Lipinski definition) is 7. The van der Waals surface area contributed by atoms with Gasteiger partial charge in [-0.25, -0.2) is 13.2 Å². The van der Waals surface area contributed by atoms with Gasteiger partial charge in [0.1, 0.15) is 0 Å². The minimum atomic E-state index is -3.57. The van der Waals surface area contributed by atoms with Crippen LogP contribution in [-0.2, 0) is 14.6 Å². The third kappa shape index (κ3) is 3.33. The van der Waals surface area contributed by atoms with E-state index in [1.54, 1.807) is 4.90 Å². The molecule has 7 nitrogen and oxygen atoms in total. The van der Waals surface area contributed by atoms with Gasteiger partial charge in [0.15, 0.2) is 9.84 Å². The maximum Gasteiger partial charge on any atom is 0.340 e. The highest BCUT2D eigenvalue weighted by Crippen LogP contribution is 2.32. The van der Waals surface area contributed by atoms with Crippen LogP contribution in [0.3, 0.4) is 0 Å². The average molecular weight is 328 g/mol. The number of nitrogens with two attached hydrogens (primary N) is 1. The van der Waals surface area contributed by atoms with Crippen molar-refractivity contribution in [2.24, 2.45) is 0 Å². The van der Waals surface area contributed by atoms with Crippen molar-refractivity contribution < 1.29 is 23.1 Å². The van der Waals surface area contributed by atoms with Gasteiger partial charge >= 0.3 is 5.97 Å². The summed E-state index contributed by atoms with van der Waals surface area (Å²) in [5.41, 5.74) is 6.44. The Labute approximate surface area is 129 Å². The smallest absolute Gasteiger partial charge is 0.340 e. The summed E-state index contributed by atoms with van der Waals surface area (Å²) < 4.78 is 28.8. The summed E-state index contributed by atoms with van der Waals surface area (Å²) in [4.78, 5) is 13.5. The molecule has 0 aromatic heterocycles. The molecule has 0 amide bonds. The molecule has 1 saturated heterocycles. The first-order valence-electron chi connectivity index (χ1n) is 6.89. The Kier molecular flexibility index (Phi) is 4.62. The number of sulfone groups is 1. The van der Waals surface area contributed by atoms with Crippen LogP contribution in [0.2, 0.25) is 0 Å². The number of nitrogens with zero attached hydrogens (tertiary/aromatic N) is 1. The van der Waals surface area contributed by atoms with Crippen LogP contribution in [0, 0.1) is 0 Å². The van der Waals surface area contributed by atoms with Crippen molar-refractivity contribution in [3.63, 3.8) is 0 Å². The lowest BCUT2D eigenvalue weighted by Gasteiger charge is -2.33. The quantitative estimate of drug-likeness (QED) is 0.611. The van der Waals surface area contributed by atoms with E-state index in [9.17, 15) is 18.3 Å². The normalized spacial score (nSPS) is 19.0. The highest BCUT2D eigenvalue weighted by molar-refractivity contribution is 7.90. The molecule has 1 aromatic carbocycles. The highest BCUT2D eigenvalue weighted by Gasteiger charge is 2.26. The van der Waals surface area contributed by atoms with Crippen LogP contribution in [0.4, 0.5) is 11.4 Å². The van der Waals surface area contributed by atoms with Crippen molar-refractivity contribution in [1.29, 1.82) is 0 Å². The molecule has 1 atom stereocenters. The summed E-state index contributed by atoms with van der Waals surface area (Å²) >= 11 is 0. The van der Waals surface area contributed by atoms with Gasteiger partial charge in [0.05, 0.1) is 29.4 Å². The second-order valence-corrected chi connectivity index (χ2v) is 7.40. The number of hydrogen-bond donors (Lipinski definition) is 2. The van der Waals surface area contributed by atoms with Crippen molar-refractivity contribution in [1.82, 2.24) is 0 Å². The van der Waals surface area contributed by atoms with Gasteiger partial charge in [0.25, 0.3) is 0 Å². The number of nitrogen functional groups attached to an aromatic ring is 1. The molecular weight excluding hydrogens is 308 g/mol. The predicted molar refractivity (Wildman–Crippen MR) is 82.8 cm³/mol. The van der Waals surface area contributed by atoms with Crippen molar-refractivity contribution >= 4 is 27.2 Å². The average Bonchev–Trinajstić information content (AvgIpc) is 2.45. The van der Waals surface area contributed by atoms with Crippen molar-refractivity contribution in [2.45, 2.75) is 23.8 Å². The molecule has 0 spiro atoms. The number of benzene rings is 1. The molecular formula is C14H20N2O5S. The number of esters is 1. The van der Waals surface area contributed by atoms with Crippen LogP contribution >= 0.6 is 0 Å². The minimum absolute atomic E-state index is 0.0104. The van der Waals surface area contributed by atoms with E-state index in [4.69, 9.17) is 5.73 Å². The number of aliphatic hydroxyl groups is 1. The Morgan fingerprint density at radius 1 is 1.45 bits per heavy atom. The van der Waals surface area contributed by atoms with Gasteiger partial charge in [-0.3, -0.25) is 0 Å². The van der Waals surface area contributed by atoms with Gasteiger partial charge in [0.2, 0.25) is 0 Å². The molecule has 1 aliphatic heterocycles. The van der Waals surface area contributed by atoms with Crippen molar-refractivity contribution in [2.75, 3.05) is 37.1 Å². The van der Waals surface area contributed by atoms with Gasteiger partial charge in [0, 0.05) is 25.0 Å².